The average Bonchev–Trinajstić information content (AvgIpc) is 2.63. The van der Waals surface area contributed by atoms with Crippen molar-refractivity contribution in [3.63, 3.8) is 0 Å². The third-order valence-corrected chi connectivity index (χ3v) is 6.18. The zero-order valence-corrected chi connectivity index (χ0v) is 15.0. The van der Waals surface area contributed by atoms with E-state index in [0.29, 0.717) is 0 Å². The summed E-state index contributed by atoms with van der Waals surface area (Å²) in [5, 5.41) is 20.2. The Bertz CT molecular complexity index is 756. The Labute approximate surface area is 149 Å². The van der Waals surface area contributed by atoms with Crippen molar-refractivity contribution >= 4 is 5.97 Å². The first-order chi connectivity index (χ1) is 11.9. The van der Waals surface area contributed by atoms with E-state index < -0.39 is 5.97 Å². The largest absolute Gasteiger partial charge is 0.507 e. The van der Waals surface area contributed by atoms with Crippen molar-refractivity contribution in [1.82, 2.24) is 0 Å². The fraction of sp³-hybridized carbons (Fsp3) is 0.409. The van der Waals surface area contributed by atoms with Crippen LogP contribution in [0.15, 0.2) is 48.5 Å². The molecule has 2 N–H and O–H groups in total. The van der Waals surface area contributed by atoms with Gasteiger partial charge in [0.2, 0.25) is 0 Å². The molecule has 0 bridgehead atoms. The summed E-state index contributed by atoms with van der Waals surface area (Å²) < 4.78 is 0. The molecule has 0 radical (unpaired) electrons. The van der Waals surface area contributed by atoms with Crippen LogP contribution < -0.4 is 0 Å². The quantitative estimate of drug-likeness (QED) is 0.798. The number of rotatable bonds is 4. The number of aromatic hydroxyl groups is 1. The number of hydrogen-bond donors (Lipinski definition) is 2. The molecule has 1 fully saturated rings. The first-order valence-corrected chi connectivity index (χ1v) is 9.01. The summed E-state index contributed by atoms with van der Waals surface area (Å²) in [7, 11) is 0. The monoisotopic (exact) mass is 338 g/mol. The van der Waals surface area contributed by atoms with Gasteiger partial charge in [-0.1, -0.05) is 75.6 Å². The number of aromatic carboxylic acids is 1. The van der Waals surface area contributed by atoms with Crippen LogP contribution in [0.4, 0.5) is 0 Å². The maximum absolute atomic E-state index is 11.5. The summed E-state index contributed by atoms with van der Waals surface area (Å²) in [6.45, 7) is 4.45. The fourth-order valence-electron chi connectivity index (χ4n) is 4.62. The summed E-state index contributed by atoms with van der Waals surface area (Å²) in [5.74, 6) is -1.15. The van der Waals surface area contributed by atoms with Crippen LogP contribution in [0.3, 0.4) is 0 Å². The second kappa shape index (κ2) is 6.55. The van der Waals surface area contributed by atoms with Gasteiger partial charge in [-0.3, -0.25) is 0 Å². The molecule has 0 saturated heterocycles. The van der Waals surface area contributed by atoms with E-state index in [1.54, 1.807) is 6.07 Å². The van der Waals surface area contributed by atoms with Gasteiger partial charge in [0, 0.05) is 11.0 Å². The highest BCUT2D eigenvalue weighted by Crippen LogP contribution is 2.55. The molecule has 25 heavy (non-hydrogen) atoms. The van der Waals surface area contributed by atoms with Crippen molar-refractivity contribution in [3.05, 3.63) is 65.2 Å². The van der Waals surface area contributed by atoms with Gasteiger partial charge < -0.3 is 10.2 Å². The second-order valence-corrected chi connectivity index (χ2v) is 7.64. The molecule has 0 amide bonds. The Kier molecular flexibility index (Phi) is 4.59. The van der Waals surface area contributed by atoms with Crippen molar-refractivity contribution in [1.29, 1.82) is 0 Å². The van der Waals surface area contributed by atoms with Gasteiger partial charge in [0.15, 0.2) is 0 Å². The SMILES string of the molecule is CC(C)(c1ccccc1)C1(c2cccc(C(=O)O)c2O)CCCCC1. The molecule has 2 aromatic carbocycles. The lowest BCUT2D eigenvalue weighted by Gasteiger charge is -2.50. The van der Waals surface area contributed by atoms with Crippen molar-refractivity contribution in [3.8, 4) is 5.75 Å². The normalized spacial score (nSPS) is 17.2. The van der Waals surface area contributed by atoms with Crippen molar-refractivity contribution in [2.24, 2.45) is 0 Å². The predicted octanol–water partition coefficient (Wildman–Crippen LogP) is 5.27. The van der Waals surface area contributed by atoms with Crippen LogP contribution in [-0.2, 0) is 10.8 Å². The zero-order valence-electron chi connectivity index (χ0n) is 15.0. The maximum atomic E-state index is 11.5. The standard InChI is InChI=1S/C22H26O3/c1-21(2,16-10-5-3-6-11-16)22(14-7-4-8-15-22)18-13-9-12-17(19(18)23)20(24)25/h3,5-6,9-13,23H,4,7-8,14-15H2,1-2H3,(H,24,25). The van der Waals surface area contributed by atoms with Crippen molar-refractivity contribution in [2.75, 3.05) is 0 Å². The second-order valence-electron chi connectivity index (χ2n) is 7.64. The molecule has 3 nitrogen and oxygen atoms in total. The fourth-order valence-corrected chi connectivity index (χ4v) is 4.62. The maximum Gasteiger partial charge on any atom is 0.339 e. The van der Waals surface area contributed by atoms with Crippen molar-refractivity contribution < 1.29 is 15.0 Å². The Morgan fingerprint density at radius 2 is 1.60 bits per heavy atom. The Morgan fingerprint density at radius 1 is 0.960 bits per heavy atom. The number of benzene rings is 2. The van der Waals surface area contributed by atoms with Gasteiger partial charge in [-0.05, 0) is 29.9 Å². The van der Waals surface area contributed by atoms with E-state index >= 15 is 0 Å². The number of carboxylic acids is 1. The van der Waals surface area contributed by atoms with Crippen LogP contribution in [0.25, 0.3) is 0 Å². The topological polar surface area (TPSA) is 57.5 Å². The van der Waals surface area contributed by atoms with Crippen molar-refractivity contribution in [2.45, 2.75) is 56.8 Å². The third-order valence-electron chi connectivity index (χ3n) is 6.18. The van der Waals surface area contributed by atoms with E-state index in [9.17, 15) is 15.0 Å². The molecule has 1 aliphatic carbocycles. The van der Waals surface area contributed by atoms with Crippen LogP contribution in [0.2, 0.25) is 0 Å². The number of carboxylic acid groups (broad SMARTS) is 1. The minimum absolute atomic E-state index is 0.00805. The van der Waals surface area contributed by atoms with E-state index in [0.717, 1.165) is 31.2 Å². The smallest absolute Gasteiger partial charge is 0.339 e. The molecule has 0 heterocycles. The zero-order chi connectivity index (χ0) is 18.1. The van der Waals surface area contributed by atoms with E-state index in [4.69, 9.17) is 0 Å². The van der Waals surface area contributed by atoms with Crippen LogP contribution in [-0.4, -0.2) is 16.2 Å². The minimum atomic E-state index is -1.08. The number of carbonyl (C=O) groups is 1. The van der Waals surface area contributed by atoms with Gasteiger partial charge >= 0.3 is 5.97 Å². The van der Waals surface area contributed by atoms with Gasteiger partial charge in [0.1, 0.15) is 11.3 Å². The Morgan fingerprint density at radius 3 is 2.20 bits per heavy atom. The molecular weight excluding hydrogens is 312 g/mol. The minimum Gasteiger partial charge on any atom is -0.507 e. The molecule has 132 valence electrons. The molecule has 0 aromatic heterocycles. The Hall–Kier alpha value is -2.29. The molecule has 0 atom stereocenters. The molecule has 1 saturated carbocycles. The molecule has 0 spiro atoms. The summed E-state index contributed by atoms with van der Waals surface area (Å²) in [5.41, 5.74) is 1.50. The lowest BCUT2D eigenvalue weighted by molar-refractivity contribution is 0.0692. The first kappa shape index (κ1) is 17.5. The summed E-state index contributed by atoms with van der Waals surface area (Å²) in [4.78, 5) is 11.5. The molecule has 2 aromatic rings. The van der Waals surface area contributed by atoms with Gasteiger partial charge in [-0.15, -0.1) is 0 Å². The molecule has 0 aliphatic heterocycles. The van der Waals surface area contributed by atoms with Gasteiger partial charge in [-0.25, -0.2) is 4.79 Å². The lowest BCUT2D eigenvalue weighted by atomic mass is 9.53. The van der Waals surface area contributed by atoms with Gasteiger partial charge in [0.05, 0.1) is 0 Å². The first-order valence-electron chi connectivity index (χ1n) is 9.01. The molecule has 3 heteroatoms. The van der Waals surface area contributed by atoms with E-state index in [1.807, 2.05) is 24.3 Å². The van der Waals surface area contributed by atoms with Gasteiger partial charge in [-0.2, -0.15) is 0 Å². The van der Waals surface area contributed by atoms with Crippen LogP contribution in [0.1, 0.15) is 67.4 Å². The summed E-state index contributed by atoms with van der Waals surface area (Å²) in [6.07, 6.45) is 5.27. The van der Waals surface area contributed by atoms with Gasteiger partial charge in [0.25, 0.3) is 0 Å². The average molecular weight is 338 g/mol. The Balaban J connectivity index is 2.22. The van der Waals surface area contributed by atoms with E-state index in [2.05, 4.69) is 26.0 Å². The molecular formula is C22H26O3. The number of phenols is 1. The third kappa shape index (κ3) is 2.82. The number of para-hydroxylation sites is 1. The molecule has 3 rings (SSSR count). The predicted molar refractivity (Wildman–Crippen MR) is 99.3 cm³/mol. The van der Waals surface area contributed by atoms with E-state index in [1.165, 1.54) is 18.1 Å². The molecule has 1 aliphatic rings. The highest BCUT2D eigenvalue weighted by atomic mass is 16.4. The highest BCUT2D eigenvalue weighted by molar-refractivity contribution is 5.91. The summed E-state index contributed by atoms with van der Waals surface area (Å²) >= 11 is 0. The number of hydrogen-bond acceptors (Lipinski definition) is 2. The lowest BCUT2D eigenvalue weighted by Crippen LogP contribution is -2.46. The van der Waals surface area contributed by atoms with Crippen LogP contribution in [0, 0.1) is 0 Å². The highest BCUT2D eigenvalue weighted by Gasteiger charge is 2.49. The summed E-state index contributed by atoms with van der Waals surface area (Å²) in [6, 6.07) is 15.5. The van der Waals surface area contributed by atoms with Crippen LogP contribution >= 0.6 is 0 Å². The molecule has 0 unspecified atom stereocenters. The van der Waals surface area contributed by atoms with E-state index in [-0.39, 0.29) is 22.1 Å². The van der Waals surface area contributed by atoms with Crippen LogP contribution in [0.5, 0.6) is 5.75 Å².